The van der Waals surface area contributed by atoms with Crippen molar-refractivity contribution in [3.63, 3.8) is 0 Å². The molecule has 0 amide bonds. The van der Waals surface area contributed by atoms with Gasteiger partial charge in [-0.25, -0.2) is 4.98 Å². The molecule has 1 saturated heterocycles. The van der Waals surface area contributed by atoms with E-state index in [1.54, 1.807) is 13.3 Å². The predicted molar refractivity (Wildman–Crippen MR) is 133 cm³/mol. The lowest BCUT2D eigenvalue weighted by molar-refractivity contribution is 0.0948. The SMILES string of the molecule is COc1ccc2nccc([C@@H](O)CN3CCC(NCc4ccc5c(n4)NCCS5)CC3)c2c1. The van der Waals surface area contributed by atoms with Crippen molar-refractivity contribution in [2.24, 2.45) is 0 Å². The number of methoxy groups -OCH3 is 1. The van der Waals surface area contributed by atoms with Gasteiger partial charge in [0.2, 0.25) is 0 Å². The van der Waals surface area contributed by atoms with Crippen molar-refractivity contribution in [2.75, 3.05) is 44.4 Å². The summed E-state index contributed by atoms with van der Waals surface area (Å²) in [5, 5.41) is 19.0. The average Bonchev–Trinajstić information content (AvgIpc) is 2.87. The topological polar surface area (TPSA) is 82.5 Å². The molecule has 2 aliphatic heterocycles. The lowest BCUT2D eigenvalue weighted by Crippen LogP contribution is -2.43. The summed E-state index contributed by atoms with van der Waals surface area (Å²) >= 11 is 1.87. The zero-order chi connectivity index (χ0) is 22.6. The van der Waals surface area contributed by atoms with Crippen LogP contribution in [-0.4, -0.2) is 65.1 Å². The van der Waals surface area contributed by atoms with E-state index in [4.69, 9.17) is 9.72 Å². The number of thioether (sulfide) groups is 1. The van der Waals surface area contributed by atoms with Crippen LogP contribution in [0.15, 0.2) is 47.5 Å². The highest BCUT2D eigenvalue weighted by molar-refractivity contribution is 7.99. The molecule has 5 rings (SSSR count). The number of hydrogen-bond acceptors (Lipinski definition) is 8. The molecular weight excluding hydrogens is 434 g/mol. The van der Waals surface area contributed by atoms with Crippen LogP contribution in [0, 0.1) is 0 Å². The quantitative estimate of drug-likeness (QED) is 0.490. The number of fused-ring (bicyclic) bond motifs is 2. The van der Waals surface area contributed by atoms with Crippen LogP contribution >= 0.6 is 11.8 Å². The highest BCUT2D eigenvalue weighted by atomic mass is 32.2. The third-order valence-electron chi connectivity index (χ3n) is 6.50. The molecule has 1 aromatic carbocycles. The van der Waals surface area contributed by atoms with Crippen molar-refractivity contribution in [3.8, 4) is 5.75 Å². The fourth-order valence-corrected chi connectivity index (χ4v) is 5.48. The van der Waals surface area contributed by atoms with Gasteiger partial charge in [0, 0.05) is 47.9 Å². The number of aliphatic hydroxyl groups is 1. The van der Waals surface area contributed by atoms with Crippen molar-refractivity contribution in [2.45, 2.75) is 36.4 Å². The van der Waals surface area contributed by atoms with Crippen LogP contribution in [0.25, 0.3) is 10.9 Å². The Balaban J connectivity index is 1.14. The Morgan fingerprint density at radius 1 is 1.24 bits per heavy atom. The van der Waals surface area contributed by atoms with Crippen molar-refractivity contribution in [3.05, 3.63) is 53.9 Å². The molecule has 3 aromatic rings. The molecule has 0 bridgehead atoms. The van der Waals surface area contributed by atoms with E-state index in [0.717, 1.165) is 78.5 Å². The summed E-state index contributed by atoms with van der Waals surface area (Å²) in [5.41, 5.74) is 2.87. The first-order valence-corrected chi connectivity index (χ1v) is 12.6. The highest BCUT2D eigenvalue weighted by Crippen LogP contribution is 2.30. The number of aliphatic hydroxyl groups excluding tert-OH is 1. The van der Waals surface area contributed by atoms with Crippen LogP contribution in [0.2, 0.25) is 0 Å². The number of pyridine rings is 2. The van der Waals surface area contributed by atoms with Crippen LogP contribution in [0.5, 0.6) is 5.75 Å². The summed E-state index contributed by atoms with van der Waals surface area (Å²) in [4.78, 5) is 12.8. The van der Waals surface area contributed by atoms with Crippen molar-refractivity contribution in [1.82, 2.24) is 20.2 Å². The molecule has 174 valence electrons. The monoisotopic (exact) mass is 465 g/mol. The molecular formula is C25H31N5O2S. The minimum atomic E-state index is -0.558. The molecule has 1 atom stereocenters. The van der Waals surface area contributed by atoms with Gasteiger partial charge in [0.1, 0.15) is 11.6 Å². The van der Waals surface area contributed by atoms with Gasteiger partial charge >= 0.3 is 0 Å². The lowest BCUT2D eigenvalue weighted by atomic mass is 10.0. The van der Waals surface area contributed by atoms with Crippen LogP contribution < -0.4 is 15.4 Å². The first-order chi connectivity index (χ1) is 16.2. The first kappa shape index (κ1) is 22.4. The fourth-order valence-electron chi connectivity index (χ4n) is 4.63. The number of hydrogen-bond donors (Lipinski definition) is 3. The second-order valence-corrected chi connectivity index (χ2v) is 9.82. The van der Waals surface area contributed by atoms with Crippen molar-refractivity contribution < 1.29 is 9.84 Å². The van der Waals surface area contributed by atoms with Gasteiger partial charge in [-0.2, -0.15) is 0 Å². The maximum Gasteiger partial charge on any atom is 0.140 e. The molecule has 2 aromatic heterocycles. The predicted octanol–water partition coefficient (Wildman–Crippen LogP) is 3.44. The second-order valence-electron chi connectivity index (χ2n) is 8.68. The number of rotatable bonds is 7. The van der Waals surface area contributed by atoms with E-state index in [1.807, 2.05) is 36.0 Å². The van der Waals surface area contributed by atoms with E-state index < -0.39 is 6.10 Å². The van der Waals surface area contributed by atoms with Crippen LogP contribution in [0.1, 0.15) is 30.2 Å². The standard InChI is InChI=1S/C25H31N5O2S/c1-32-19-3-4-22-21(14-19)20(6-9-26-22)23(31)16-30-11-7-17(8-12-30)28-15-18-2-5-24-25(29-18)27-10-13-33-24/h2-6,9,14,17,23,28,31H,7-8,10-13,15-16H2,1H3,(H,27,29)/t23-/m0/s1. The number of aromatic nitrogens is 2. The minimum absolute atomic E-state index is 0.476. The van der Waals surface area contributed by atoms with Gasteiger partial charge < -0.3 is 25.4 Å². The van der Waals surface area contributed by atoms with Crippen LogP contribution in [-0.2, 0) is 6.54 Å². The van der Waals surface area contributed by atoms with E-state index in [9.17, 15) is 5.11 Å². The van der Waals surface area contributed by atoms with E-state index in [0.29, 0.717) is 12.6 Å². The number of benzene rings is 1. The average molecular weight is 466 g/mol. The van der Waals surface area contributed by atoms with Crippen molar-refractivity contribution in [1.29, 1.82) is 0 Å². The normalized spacial score (nSPS) is 18.0. The molecule has 2 aliphatic rings. The molecule has 7 nitrogen and oxygen atoms in total. The number of piperidine rings is 1. The first-order valence-electron chi connectivity index (χ1n) is 11.6. The van der Waals surface area contributed by atoms with E-state index in [1.165, 1.54) is 4.90 Å². The minimum Gasteiger partial charge on any atom is -0.497 e. The summed E-state index contributed by atoms with van der Waals surface area (Å²) in [5.74, 6) is 2.90. The summed E-state index contributed by atoms with van der Waals surface area (Å²) in [6.07, 6.45) is 3.34. The second kappa shape index (κ2) is 10.3. The van der Waals surface area contributed by atoms with Gasteiger partial charge in [-0.05, 0) is 67.9 Å². The van der Waals surface area contributed by atoms with E-state index in [-0.39, 0.29) is 0 Å². The number of ether oxygens (including phenoxy) is 1. The van der Waals surface area contributed by atoms with Crippen LogP contribution in [0.3, 0.4) is 0 Å². The van der Waals surface area contributed by atoms with Crippen LogP contribution in [0.4, 0.5) is 5.82 Å². The Bertz CT molecular complexity index is 1100. The number of nitrogens with zero attached hydrogens (tertiary/aromatic N) is 3. The Morgan fingerprint density at radius 2 is 2.12 bits per heavy atom. The molecule has 0 radical (unpaired) electrons. The van der Waals surface area contributed by atoms with Gasteiger partial charge in [0.05, 0.1) is 24.4 Å². The Kier molecular flexibility index (Phi) is 6.96. The summed E-state index contributed by atoms with van der Waals surface area (Å²) in [6, 6.07) is 12.5. The maximum absolute atomic E-state index is 11.0. The number of anilines is 1. The van der Waals surface area contributed by atoms with Gasteiger partial charge in [0.25, 0.3) is 0 Å². The number of β-amino-alcohol motifs (C(OH)–C–C–N with tert-alkyl or cyclic N) is 1. The molecule has 1 fully saturated rings. The molecule has 0 aliphatic carbocycles. The third kappa shape index (κ3) is 5.24. The van der Waals surface area contributed by atoms with Gasteiger partial charge in [0.15, 0.2) is 0 Å². The largest absolute Gasteiger partial charge is 0.497 e. The molecule has 0 unspecified atom stereocenters. The van der Waals surface area contributed by atoms with Gasteiger partial charge in [-0.15, -0.1) is 11.8 Å². The Hall–Kier alpha value is -2.39. The molecule has 4 heterocycles. The van der Waals surface area contributed by atoms with E-state index >= 15 is 0 Å². The summed E-state index contributed by atoms with van der Waals surface area (Å²) < 4.78 is 5.37. The summed E-state index contributed by atoms with van der Waals surface area (Å²) in [6.45, 7) is 4.33. The zero-order valence-electron chi connectivity index (χ0n) is 19.0. The number of nitrogens with one attached hydrogen (secondary N) is 2. The van der Waals surface area contributed by atoms with Gasteiger partial charge in [-0.1, -0.05) is 0 Å². The Morgan fingerprint density at radius 3 is 2.97 bits per heavy atom. The molecule has 0 saturated carbocycles. The molecule has 3 N–H and O–H groups in total. The molecule has 8 heteroatoms. The molecule has 0 spiro atoms. The molecule has 33 heavy (non-hydrogen) atoms. The zero-order valence-corrected chi connectivity index (χ0v) is 19.8. The number of likely N-dealkylation sites (tertiary alicyclic amines) is 1. The highest BCUT2D eigenvalue weighted by Gasteiger charge is 2.22. The fraction of sp³-hybridized carbons (Fsp3) is 0.440. The third-order valence-corrected chi connectivity index (χ3v) is 7.55. The van der Waals surface area contributed by atoms with Gasteiger partial charge in [-0.3, -0.25) is 4.98 Å². The maximum atomic E-state index is 11.0. The lowest BCUT2D eigenvalue weighted by Gasteiger charge is -2.33. The van der Waals surface area contributed by atoms with Crippen molar-refractivity contribution >= 4 is 28.5 Å². The summed E-state index contributed by atoms with van der Waals surface area (Å²) in [7, 11) is 1.66. The van der Waals surface area contributed by atoms with E-state index in [2.05, 4.69) is 32.7 Å². The smallest absolute Gasteiger partial charge is 0.140 e. The Labute approximate surface area is 199 Å².